The molecule has 3 rings (SSSR count). The maximum absolute atomic E-state index is 13.4. The lowest BCUT2D eigenvalue weighted by atomic mass is 9.90. The van der Waals surface area contributed by atoms with E-state index in [1.165, 1.54) is 6.42 Å². The third kappa shape index (κ3) is 8.68. The molecule has 2 aromatic rings. The maximum atomic E-state index is 13.4. The van der Waals surface area contributed by atoms with Crippen LogP contribution in [-0.4, -0.2) is 45.3 Å². The van der Waals surface area contributed by atoms with Crippen molar-refractivity contribution < 1.29 is 12.4 Å². The van der Waals surface area contributed by atoms with Crippen LogP contribution in [0.3, 0.4) is 0 Å². The van der Waals surface area contributed by atoms with Crippen molar-refractivity contribution >= 4 is 22.8 Å². The minimum atomic E-state index is -0.680. The third-order valence-corrected chi connectivity index (χ3v) is 6.58. The Balaban J connectivity index is 0.00000334. The van der Waals surface area contributed by atoms with Gasteiger partial charge in [-0.25, -0.2) is 4.98 Å². The lowest BCUT2D eigenvalue weighted by Crippen LogP contribution is -2.49. The molecule has 0 aliphatic carbocycles. The Kier molecular flexibility index (Phi) is 11.0. The van der Waals surface area contributed by atoms with Crippen molar-refractivity contribution in [2.45, 2.75) is 105 Å². The molecule has 2 heterocycles. The second-order valence-electron chi connectivity index (χ2n) is 10.9. The number of aromatic amines is 1. The predicted molar refractivity (Wildman–Crippen MR) is 153 cm³/mol. The monoisotopic (exact) mass is 501 g/mol. The molecule has 0 unspecified atom stereocenters. The molecule has 7 heteroatoms. The fourth-order valence-corrected chi connectivity index (χ4v) is 4.45. The topological polar surface area (TPSA) is 90.1 Å². The van der Waals surface area contributed by atoms with Crippen molar-refractivity contribution in [1.82, 2.24) is 25.5 Å². The van der Waals surface area contributed by atoms with E-state index in [0.29, 0.717) is 24.7 Å². The van der Waals surface area contributed by atoms with Gasteiger partial charge < -0.3 is 20.5 Å². The molecule has 1 fully saturated rings. The molecule has 1 aliphatic rings. The first-order chi connectivity index (χ1) is 17.0. The highest BCUT2D eigenvalue weighted by Gasteiger charge is 2.28. The molecule has 36 heavy (non-hydrogen) atoms. The highest BCUT2D eigenvalue weighted by atomic mass is 16.2. The zero-order valence-electron chi connectivity index (χ0n) is 23.4. The van der Waals surface area contributed by atoms with Crippen molar-refractivity contribution in [3.63, 3.8) is 0 Å². The minimum Gasteiger partial charge on any atom is -0.373 e. The van der Waals surface area contributed by atoms with Crippen LogP contribution in [0.5, 0.6) is 0 Å². The van der Waals surface area contributed by atoms with E-state index in [1.54, 1.807) is 0 Å². The quantitative estimate of drug-likeness (QED) is 0.373. The van der Waals surface area contributed by atoms with E-state index in [0.717, 1.165) is 42.5 Å². The van der Waals surface area contributed by atoms with Gasteiger partial charge in [0.15, 0.2) is 0 Å². The van der Waals surface area contributed by atoms with Crippen LogP contribution in [0.1, 0.15) is 102 Å². The van der Waals surface area contributed by atoms with Gasteiger partial charge in [0.2, 0.25) is 11.8 Å². The summed E-state index contributed by atoms with van der Waals surface area (Å²) in [7, 11) is 0. The van der Waals surface area contributed by atoms with Crippen LogP contribution >= 0.6 is 0 Å². The average Bonchev–Trinajstić information content (AvgIpc) is 3.28. The number of nitrogens with one attached hydrogen (secondary N) is 3. The second kappa shape index (κ2) is 13.5. The summed E-state index contributed by atoms with van der Waals surface area (Å²) in [5.74, 6) is 0.365. The van der Waals surface area contributed by atoms with E-state index in [4.69, 9.17) is 0 Å². The first kappa shape index (κ1) is 29.4. The van der Waals surface area contributed by atoms with Gasteiger partial charge in [0.05, 0.1) is 17.1 Å². The fourth-order valence-electron chi connectivity index (χ4n) is 4.45. The molecule has 0 radical (unpaired) electrons. The van der Waals surface area contributed by atoms with Gasteiger partial charge in [-0.3, -0.25) is 9.59 Å². The van der Waals surface area contributed by atoms with Gasteiger partial charge in [-0.1, -0.05) is 53.3 Å². The number of hydrogen-bond acceptors (Lipinski definition) is 4. The number of H-pyrrole nitrogens is 1. The van der Waals surface area contributed by atoms with Crippen LogP contribution in [0, 0.1) is 5.41 Å². The summed E-state index contributed by atoms with van der Waals surface area (Å²) in [5, 5.41) is 6.04. The highest BCUT2D eigenvalue weighted by molar-refractivity contribution is 5.88. The Morgan fingerprint density at radius 2 is 1.92 bits per heavy atom. The number of fused-ring (bicyclic) bond motifs is 1. The number of carbonyl (C=O) groups excluding carboxylic acids is 2. The Hall–Kier alpha value is -2.83. The van der Waals surface area contributed by atoms with Crippen LogP contribution in [0.25, 0.3) is 11.0 Å². The second-order valence-corrected chi connectivity index (χ2v) is 10.9. The molecule has 1 aromatic heterocycles. The van der Waals surface area contributed by atoms with Crippen molar-refractivity contribution in [1.29, 1.82) is 0 Å². The highest BCUT2D eigenvalue weighted by Crippen LogP contribution is 2.24. The van der Waals surface area contributed by atoms with Gasteiger partial charge in [-0.2, -0.15) is 0 Å². The van der Waals surface area contributed by atoms with Gasteiger partial charge >= 0.3 is 0 Å². The lowest BCUT2D eigenvalue weighted by molar-refractivity contribution is -0.129. The van der Waals surface area contributed by atoms with E-state index >= 15 is 0 Å². The normalized spacial score (nSPS) is 17.5. The Labute approximate surface area is 220 Å². The summed E-state index contributed by atoms with van der Waals surface area (Å²) in [6.45, 7) is 19.7. The number of para-hydroxylation sites is 2. The van der Waals surface area contributed by atoms with Gasteiger partial charge in [-0.15, -0.1) is 0 Å². The zero-order valence-corrected chi connectivity index (χ0v) is 23.4. The van der Waals surface area contributed by atoms with Crippen LogP contribution < -0.4 is 10.6 Å². The van der Waals surface area contributed by atoms with Crippen molar-refractivity contribution in [3.8, 4) is 0 Å². The molecular weight excluding hydrogens is 450 g/mol. The zero-order chi connectivity index (χ0) is 26.9. The summed E-state index contributed by atoms with van der Waals surface area (Å²) in [4.78, 5) is 36.3. The molecular formula is C29H51N5O2. The Morgan fingerprint density at radius 1 is 1.22 bits per heavy atom. The van der Waals surface area contributed by atoms with E-state index in [9.17, 15) is 9.59 Å². The van der Waals surface area contributed by atoms with Crippen LogP contribution in [0.4, 0.5) is 0 Å². The number of carbonyl (C=O) groups is 2. The molecule has 2 amide bonds. The largest absolute Gasteiger partial charge is 0.373 e. The minimum absolute atomic E-state index is 0. The van der Waals surface area contributed by atoms with Gasteiger partial charge in [-0.05, 0) is 57.1 Å². The molecule has 1 aliphatic heterocycles. The Bertz CT molecular complexity index is 985. The molecule has 0 spiro atoms. The fraction of sp³-hybridized carbons (Fsp3) is 0.621. The first-order valence-electron chi connectivity index (χ1n) is 13.5. The summed E-state index contributed by atoms with van der Waals surface area (Å²) in [6, 6.07) is 7.18. The number of hydrogen-bond donors (Lipinski definition) is 3. The number of nitrogens with zero attached hydrogens (tertiary/aromatic N) is 2. The average molecular weight is 502 g/mol. The predicted octanol–water partition coefficient (Wildman–Crippen LogP) is 6.35. The number of likely N-dealkylation sites (tertiary alicyclic amines) is 1. The molecule has 3 atom stereocenters. The molecule has 0 bridgehead atoms. The number of piperidine rings is 1. The van der Waals surface area contributed by atoms with E-state index in [1.807, 2.05) is 45.0 Å². The molecule has 1 aromatic carbocycles. The van der Waals surface area contributed by atoms with E-state index in [-0.39, 0.29) is 26.1 Å². The number of rotatable bonds is 9. The number of amides is 2. The molecule has 3 N–H and O–H groups in total. The lowest BCUT2D eigenvalue weighted by Gasteiger charge is -2.37. The van der Waals surface area contributed by atoms with Crippen LogP contribution in [0.15, 0.2) is 36.5 Å². The van der Waals surface area contributed by atoms with Gasteiger partial charge in [0.25, 0.3) is 0 Å². The van der Waals surface area contributed by atoms with Crippen molar-refractivity contribution in [3.05, 3.63) is 42.4 Å². The molecule has 0 saturated carbocycles. The summed E-state index contributed by atoms with van der Waals surface area (Å²) in [5.41, 5.74) is 2.74. The maximum Gasteiger partial charge on any atom is 0.243 e. The number of aromatic nitrogens is 2. The summed E-state index contributed by atoms with van der Waals surface area (Å²) in [6.07, 6.45) is 5.00. The molecule has 1 saturated heterocycles. The number of benzene rings is 1. The van der Waals surface area contributed by atoms with E-state index < -0.39 is 6.04 Å². The van der Waals surface area contributed by atoms with Gasteiger partial charge in [0, 0.05) is 34.0 Å². The van der Waals surface area contributed by atoms with Crippen LogP contribution in [0.2, 0.25) is 0 Å². The number of imidazole rings is 1. The Morgan fingerprint density at radius 3 is 2.56 bits per heavy atom. The van der Waals surface area contributed by atoms with Gasteiger partial charge in [0.1, 0.15) is 11.9 Å². The SMILES string of the molecule is C=C(C[C@H](NC(=O)CCC(C)(C)C)C(=O)N[C@H](C)c1nc2ccccc2[nH]1)N1CCCC[C@@H]1C.CC.[HH].[HH]. The van der Waals surface area contributed by atoms with Crippen molar-refractivity contribution in [2.75, 3.05) is 6.54 Å². The van der Waals surface area contributed by atoms with Crippen molar-refractivity contribution in [2.24, 2.45) is 5.41 Å². The van der Waals surface area contributed by atoms with E-state index in [2.05, 4.69) is 59.8 Å². The van der Waals surface area contributed by atoms with Crippen LogP contribution in [-0.2, 0) is 9.59 Å². The first-order valence-corrected chi connectivity index (χ1v) is 13.5. The summed E-state index contributed by atoms with van der Waals surface area (Å²) < 4.78 is 0. The smallest absolute Gasteiger partial charge is 0.243 e. The molecule has 204 valence electrons. The summed E-state index contributed by atoms with van der Waals surface area (Å²) >= 11 is 0. The third-order valence-electron chi connectivity index (χ3n) is 6.58. The molecule has 7 nitrogen and oxygen atoms in total. The standard InChI is InChI=1S/C27H41N5O2.C2H6.2H2/c1-18-11-9-10-16-32(18)19(2)17-23(29-24(33)14-15-27(4,5)6)26(34)28-20(3)25-30-21-12-7-8-13-22(21)31-25;1-2;;/h7-8,12-13,18,20,23H,2,9-11,14-17H2,1,3-6H3,(H,28,34)(H,29,33)(H,30,31);1-2H3;2*1H/t18-,20+,23-;;;/m0.../s1.